The Hall–Kier alpha value is -1.93. The number of carbonyl (C=O) groups is 2. The summed E-state index contributed by atoms with van der Waals surface area (Å²) in [5.74, 6) is -0.729. The lowest BCUT2D eigenvalue weighted by atomic mass is 10.0. The van der Waals surface area contributed by atoms with E-state index in [9.17, 15) is 23.5 Å². The number of hydrogen-bond donors (Lipinski definition) is 2. The number of ether oxygens (including phenoxy) is 1. The maximum atomic E-state index is 12.4. The summed E-state index contributed by atoms with van der Waals surface area (Å²) >= 11 is 5.78. The van der Waals surface area contributed by atoms with Crippen molar-refractivity contribution >= 4 is 23.6 Å². The van der Waals surface area contributed by atoms with Crippen molar-refractivity contribution in [3.05, 3.63) is 34.9 Å². The van der Waals surface area contributed by atoms with Crippen molar-refractivity contribution in [2.45, 2.75) is 45.5 Å². The molecule has 1 atom stereocenters. The number of amides is 2. The first-order valence-electron chi connectivity index (χ1n) is 7.46. The Morgan fingerprint density at radius 3 is 2.28 bits per heavy atom. The molecule has 0 aliphatic heterocycles. The van der Waals surface area contributed by atoms with Gasteiger partial charge in [-0.2, -0.15) is 8.78 Å². The standard InChI is InChI=1S/C16H21ClF2N2O4/c1-16(2,3)21(15(23)24)12(9-25-14(18)19)13(22)20-8-10-4-6-11(17)7-5-10/h4-7,12,14H,8-9H2,1-3H3,(H,20,22)(H,23,24)/t12-/m1/s1. The van der Waals surface area contributed by atoms with Gasteiger partial charge in [0, 0.05) is 17.1 Å². The minimum Gasteiger partial charge on any atom is -0.465 e. The van der Waals surface area contributed by atoms with Crippen LogP contribution in [0.2, 0.25) is 5.02 Å². The average molecular weight is 379 g/mol. The maximum Gasteiger partial charge on any atom is 0.408 e. The van der Waals surface area contributed by atoms with Crippen molar-refractivity contribution in [3.63, 3.8) is 0 Å². The average Bonchev–Trinajstić information content (AvgIpc) is 2.48. The van der Waals surface area contributed by atoms with Gasteiger partial charge >= 0.3 is 12.7 Å². The summed E-state index contributed by atoms with van der Waals surface area (Å²) in [5, 5.41) is 12.5. The zero-order chi connectivity index (χ0) is 19.2. The predicted octanol–water partition coefficient (Wildman–Crippen LogP) is 3.34. The molecule has 9 heteroatoms. The second kappa shape index (κ2) is 8.96. The zero-order valence-corrected chi connectivity index (χ0v) is 14.9. The van der Waals surface area contributed by atoms with E-state index in [-0.39, 0.29) is 6.54 Å². The van der Waals surface area contributed by atoms with Gasteiger partial charge in [-0.15, -0.1) is 0 Å². The molecule has 1 aromatic carbocycles. The van der Waals surface area contributed by atoms with Gasteiger partial charge in [-0.05, 0) is 38.5 Å². The summed E-state index contributed by atoms with van der Waals surface area (Å²) in [5.41, 5.74) is -0.261. The van der Waals surface area contributed by atoms with E-state index in [0.717, 1.165) is 10.5 Å². The maximum absolute atomic E-state index is 12.4. The lowest BCUT2D eigenvalue weighted by Gasteiger charge is -2.38. The van der Waals surface area contributed by atoms with Gasteiger partial charge in [0.25, 0.3) is 0 Å². The van der Waals surface area contributed by atoms with Crippen LogP contribution < -0.4 is 5.32 Å². The van der Waals surface area contributed by atoms with E-state index in [4.69, 9.17) is 11.6 Å². The lowest BCUT2D eigenvalue weighted by molar-refractivity contribution is -0.153. The van der Waals surface area contributed by atoms with Crippen LogP contribution in [0, 0.1) is 0 Å². The molecular formula is C16H21ClF2N2O4. The Balaban J connectivity index is 2.91. The van der Waals surface area contributed by atoms with Gasteiger partial charge < -0.3 is 15.2 Å². The van der Waals surface area contributed by atoms with E-state index in [1.807, 2.05) is 0 Å². The molecule has 0 radical (unpaired) electrons. The Morgan fingerprint density at radius 2 is 1.84 bits per heavy atom. The van der Waals surface area contributed by atoms with Gasteiger partial charge in [0.2, 0.25) is 5.91 Å². The Morgan fingerprint density at radius 1 is 1.28 bits per heavy atom. The van der Waals surface area contributed by atoms with E-state index in [1.54, 1.807) is 45.0 Å². The molecule has 6 nitrogen and oxygen atoms in total. The third kappa shape index (κ3) is 6.83. The van der Waals surface area contributed by atoms with Crippen molar-refractivity contribution in [2.75, 3.05) is 6.61 Å². The fourth-order valence-corrected chi connectivity index (χ4v) is 2.35. The van der Waals surface area contributed by atoms with Crippen LogP contribution in [-0.4, -0.2) is 46.8 Å². The van der Waals surface area contributed by atoms with Crippen LogP contribution in [0.3, 0.4) is 0 Å². The van der Waals surface area contributed by atoms with Crippen LogP contribution >= 0.6 is 11.6 Å². The first-order valence-corrected chi connectivity index (χ1v) is 7.84. The van der Waals surface area contributed by atoms with Crippen LogP contribution in [0.5, 0.6) is 0 Å². The van der Waals surface area contributed by atoms with Crippen LogP contribution in [0.4, 0.5) is 13.6 Å². The highest BCUT2D eigenvalue weighted by atomic mass is 35.5. The number of hydrogen-bond acceptors (Lipinski definition) is 3. The third-order valence-corrected chi connectivity index (χ3v) is 3.56. The number of benzene rings is 1. The summed E-state index contributed by atoms with van der Waals surface area (Å²) in [4.78, 5) is 24.8. The first kappa shape index (κ1) is 21.1. The minimum absolute atomic E-state index is 0.0960. The smallest absolute Gasteiger partial charge is 0.408 e. The van der Waals surface area contributed by atoms with Gasteiger partial charge in [-0.25, -0.2) is 4.79 Å². The Kier molecular flexibility index (Phi) is 7.57. The molecule has 0 saturated heterocycles. The zero-order valence-electron chi connectivity index (χ0n) is 14.1. The number of rotatable bonds is 7. The lowest BCUT2D eigenvalue weighted by Crippen LogP contribution is -2.58. The molecule has 0 heterocycles. The fraction of sp³-hybridized carbons (Fsp3) is 0.500. The molecule has 2 N–H and O–H groups in total. The van der Waals surface area contributed by atoms with Crippen molar-refractivity contribution < 1.29 is 28.2 Å². The van der Waals surface area contributed by atoms with Crippen molar-refractivity contribution in [2.24, 2.45) is 0 Å². The normalized spacial score (nSPS) is 12.8. The summed E-state index contributed by atoms with van der Waals surface area (Å²) in [6.45, 7) is 0.906. The second-order valence-corrected chi connectivity index (χ2v) is 6.71. The number of nitrogens with one attached hydrogen (secondary N) is 1. The molecule has 2 amide bonds. The number of alkyl halides is 2. The van der Waals surface area contributed by atoms with Gasteiger partial charge in [0.1, 0.15) is 6.04 Å². The fourth-order valence-electron chi connectivity index (χ4n) is 2.23. The highest BCUT2D eigenvalue weighted by molar-refractivity contribution is 6.30. The van der Waals surface area contributed by atoms with E-state index in [1.165, 1.54) is 0 Å². The number of halogens is 3. The number of nitrogens with zero attached hydrogens (tertiary/aromatic N) is 1. The van der Waals surface area contributed by atoms with Crippen LogP contribution in [-0.2, 0) is 16.1 Å². The van der Waals surface area contributed by atoms with Gasteiger partial charge in [-0.1, -0.05) is 23.7 Å². The van der Waals surface area contributed by atoms with Crippen LogP contribution in [0.1, 0.15) is 26.3 Å². The van der Waals surface area contributed by atoms with Crippen molar-refractivity contribution in [1.29, 1.82) is 0 Å². The SMILES string of the molecule is CC(C)(C)N(C(=O)O)[C@H](COC(F)F)C(=O)NCc1ccc(Cl)cc1. The van der Waals surface area contributed by atoms with E-state index < -0.39 is 36.8 Å². The third-order valence-electron chi connectivity index (χ3n) is 3.30. The summed E-state index contributed by atoms with van der Waals surface area (Å²) in [6, 6.07) is 5.23. The first-order chi connectivity index (χ1) is 11.5. The monoisotopic (exact) mass is 378 g/mol. The van der Waals surface area contributed by atoms with Crippen LogP contribution in [0.25, 0.3) is 0 Å². The van der Waals surface area contributed by atoms with Crippen molar-refractivity contribution in [3.8, 4) is 0 Å². The topological polar surface area (TPSA) is 78.9 Å². The summed E-state index contributed by atoms with van der Waals surface area (Å²) in [6.07, 6.45) is -1.41. The second-order valence-electron chi connectivity index (χ2n) is 6.28. The van der Waals surface area contributed by atoms with Gasteiger partial charge in [-0.3, -0.25) is 9.69 Å². The highest BCUT2D eigenvalue weighted by Gasteiger charge is 2.38. The molecular weight excluding hydrogens is 358 g/mol. The molecule has 0 fully saturated rings. The molecule has 1 rings (SSSR count). The molecule has 0 aliphatic rings. The number of carboxylic acid groups (broad SMARTS) is 1. The Labute approximate surface area is 149 Å². The molecule has 0 spiro atoms. The van der Waals surface area contributed by atoms with E-state index in [0.29, 0.717) is 5.02 Å². The number of carbonyl (C=O) groups excluding carboxylic acids is 1. The van der Waals surface area contributed by atoms with Gasteiger partial charge in [0.05, 0.1) is 6.61 Å². The van der Waals surface area contributed by atoms with Crippen molar-refractivity contribution in [1.82, 2.24) is 10.2 Å². The molecule has 0 saturated carbocycles. The molecule has 0 unspecified atom stereocenters. The van der Waals surface area contributed by atoms with E-state index in [2.05, 4.69) is 10.1 Å². The summed E-state index contributed by atoms with van der Waals surface area (Å²) < 4.78 is 29.0. The van der Waals surface area contributed by atoms with E-state index >= 15 is 0 Å². The molecule has 0 aromatic heterocycles. The molecule has 1 aromatic rings. The Bertz CT molecular complexity index is 591. The molecule has 140 valence electrons. The summed E-state index contributed by atoms with van der Waals surface area (Å²) in [7, 11) is 0. The van der Waals surface area contributed by atoms with Crippen LogP contribution in [0.15, 0.2) is 24.3 Å². The quantitative estimate of drug-likeness (QED) is 0.762. The molecule has 0 aliphatic carbocycles. The predicted molar refractivity (Wildman–Crippen MR) is 88.7 cm³/mol. The molecule has 0 bridgehead atoms. The highest BCUT2D eigenvalue weighted by Crippen LogP contribution is 2.19. The largest absolute Gasteiger partial charge is 0.465 e. The minimum atomic E-state index is -3.11. The molecule has 25 heavy (non-hydrogen) atoms. The van der Waals surface area contributed by atoms with Gasteiger partial charge in [0.15, 0.2) is 0 Å².